The third-order valence-corrected chi connectivity index (χ3v) is 9.32. The Balaban J connectivity index is 1.12. The summed E-state index contributed by atoms with van der Waals surface area (Å²) in [6, 6.07) is 13.9. The molecule has 4 aromatic rings. The van der Waals surface area contributed by atoms with Crippen molar-refractivity contribution in [3.05, 3.63) is 71.6 Å². The van der Waals surface area contributed by atoms with Gasteiger partial charge in [-0.05, 0) is 78.3 Å². The quantitative estimate of drug-likeness (QED) is 0.255. The lowest BCUT2D eigenvalue weighted by atomic mass is 9.82. The topological polar surface area (TPSA) is 81.4 Å². The summed E-state index contributed by atoms with van der Waals surface area (Å²) < 4.78 is 13.8. The van der Waals surface area contributed by atoms with Crippen LogP contribution in [0.25, 0.3) is 33.6 Å². The number of aromatic amines is 2. The molecule has 8 rings (SSSR count). The fourth-order valence-electron chi connectivity index (χ4n) is 7.47. The van der Waals surface area contributed by atoms with Crippen LogP contribution in [0.3, 0.4) is 0 Å². The van der Waals surface area contributed by atoms with Gasteiger partial charge in [0.25, 0.3) is 0 Å². The van der Waals surface area contributed by atoms with Gasteiger partial charge in [-0.1, -0.05) is 36.4 Å². The smallest absolute Gasteiger partial charge is 0.123 e. The molecule has 0 spiro atoms. The van der Waals surface area contributed by atoms with Gasteiger partial charge in [0.05, 0.1) is 35.9 Å². The number of H-pyrrole nitrogens is 2. The molecule has 4 aliphatic rings. The van der Waals surface area contributed by atoms with Crippen molar-refractivity contribution in [3.63, 3.8) is 0 Å². The third kappa shape index (κ3) is 3.67. The molecule has 2 bridgehead atoms. The van der Waals surface area contributed by atoms with E-state index in [2.05, 4.69) is 67.0 Å². The standard InChI is InChI=1S/C31H33FN6/c32-21-13-25(34-14-21)31-36-16-27(38-31)23-10-9-22(28-19-7-8-20(12-19)29(23)28)17-3-5-18(6-4-17)26-15-35-30(37-26)24-2-1-11-33-24/h3-6,9-10,15-16,19-21,24-25,33-34H,1-2,7-8,11-14H2,(H,35,37)(H,36,38). The fraction of sp³-hybridized carbons (Fsp3) is 0.419. The van der Waals surface area contributed by atoms with Crippen LogP contribution in [0.15, 0.2) is 48.8 Å². The predicted molar refractivity (Wildman–Crippen MR) is 147 cm³/mol. The largest absolute Gasteiger partial charge is 0.341 e. The van der Waals surface area contributed by atoms with Crippen LogP contribution in [0.2, 0.25) is 0 Å². The van der Waals surface area contributed by atoms with E-state index in [1.54, 1.807) is 0 Å². The molecule has 5 atom stereocenters. The highest BCUT2D eigenvalue weighted by atomic mass is 19.1. The van der Waals surface area contributed by atoms with Crippen molar-refractivity contribution in [2.75, 3.05) is 13.1 Å². The van der Waals surface area contributed by atoms with Gasteiger partial charge in [0.1, 0.15) is 17.8 Å². The summed E-state index contributed by atoms with van der Waals surface area (Å²) in [4.78, 5) is 16.4. The SMILES string of the molecule is FC1CNC(c2ncc(-c3ccc(-c4ccc(-c5cnc(C6CCCN6)[nH]5)cc4)c4c3C3CCC4C3)[nH]2)C1. The number of alkyl halides is 1. The van der Waals surface area contributed by atoms with Crippen molar-refractivity contribution in [2.45, 2.75) is 68.6 Å². The van der Waals surface area contributed by atoms with Gasteiger partial charge >= 0.3 is 0 Å². The zero-order chi connectivity index (χ0) is 25.2. The highest BCUT2D eigenvalue weighted by Crippen LogP contribution is 2.58. The molecule has 2 aliphatic carbocycles. The van der Waals surface area contributed by atoms with E-state index < -0.39 is 6.17 Å². The normalized spacial score (nSPS) is 27.9. The van der Waals surface area contributed by atoms with Gasteiger partial charge in [0.15, 0.2) is 0 Å². The Morgan fingerprint density at radius 1 is 0.684 bits per heavy atom. The van der Waals surface area contributed by atoms with E-state index in [0.717, 1.165) is 36.0 Å². The summed E-state index contributed by atoms with van der Waals surface area (Å²) in [5.74, 6) is 3.14. The number of hydrogen-bond donors (Lipinski definition) is 4. The fourth-order valence-corrected chi connectivity index (χ4v) is 7.47. The zero-order valence-electron chi connectivity index (χ0n) is 21.4. The van der Waals surface area contributed by atoms with Crippen molar-refractivity contribution in [1.29, 1.82) is 0 Å². The summed E-state index contributed by atoms with van der Waals surface area (Å²) >= 11 is 0. The first-order valence-electron chi connectivity index (χ1n) is 14.2. The second-order valence-corrected chi connectivity index (χ2v) is 11.6. The maximum absolute atomic E-state index is 13.8. The molecular formula is C31H33FN6. The second kappa shape index (κ2) is 8.89. The number of fused-ring (bicyclic) bond motifs is 5. The molecular weight excluding hydrogens is 475 g/mol. The Morgan fingerprint density at radius 3 is 2.11 bits per heavy atom. The van der Waals surface area contributed by atoms with Gasteiger partial charge in [0, 0.05) is 18.5 Å². The van der Waals surface area contributed by atoms with Crippen LogP contribution in [0, 0.1) is 0 Å². The summed E-state index contributed by atoms with van der Waals surface area (Å²) in [7, 11) is 0. The summed E-state index contributed by atoms with van der Waals surface area (Å²) in [6.07, 6.45) is 9.74. The lowest BCUT2D eigenvalue weighted by Gasteiger charge is -2.22. The number of hydrogen-bond acceptors (Lipinski definition) is 4. The first kappa shape index (κ1) is 22.7. The number of nitrogens with one attached hydrogen (secondary N) is 4. The predicted octanol–water partition coefficient (Wildman–Crippen LogP) is 6.30. The summed E-state index contributed by atoms with van der Waals surface area (Å²) in [5, 5.41) is 6.77. The van der Waals surface area contributed by atoms with Gasteiger partial charge in [-0.15, -0.1) is 0 Å². The number of imidazole rings is 2. The Hall–Kier alpha value is -3.29. The molecule has 0 amide bonds. The molecule has 38 heavy (non-hydrogen) atoms. The Bertz CT molecular complexity index is 1480. The first-order chi connectivity index (χ1) is 18.7. The Morgan fingerprint density at radius 2 is 1.37 bits per heavy atom. The summed E-state index contributed by atoms with van der Waals surface area (Å²) in [6.45, 7) is 1.48. The first-order valence-corrected chi connectivity index (χ1v) is 14.2. The van der Waals surface area contributed by atoms with Crippen molar-refractivity contribution < 1.29 is 4.39 Å². The Labute approximate surface area is 221 Å². The van der Waals surface area contributed by atoms with Crippen molar-refractivity contribution in [3.8, 4) is 33.6 Å². The monoisotopic (exact) mass is 508 g/mol. The van der Waals surface area contributed by atoms with Crippen LogP contribution in [0.1, 0.15) is 85.2 Å². The second-order valence-electron chi connectivity index (χ2n) is 11.6. The lowest BCUT2D eigenvalue weighted by Crippen LogP contribution is -2.15. The van der Waals surface area contributed by atoms with Crippen LogP contribution >= 0.6 is 0 Å². The molecule has 7 heteroatoms. The van der Waals surface area contributed by atoms with Gasteiger partial charge in [-0.2, -0.15) is 0 Å². The van der Waals surface area contributed by atoms with Crippen LogP contribution in [-0.4, -0.2) is 39.2 Å². The minimum atomic E-state index is -0.793. The molecule has 4 heterocycles. The van der Waals surface area contributed by atoms with Gasteiger partial charge in [0.2, 0.25) is 0 Å². The minimum Gasteiger partial charge on any atom is -0.341 e. The maximum atomic E-state index is 13.8. The third-order valence-electron chi connectivity index (χ3n) is 9.32. The van der Waals surface area contributed by atoms with Crippen LogP contribution < -0.4 is 10.6 Å². The average molecular weight is 509 g/mol. The molecule has 6 nitrogen and oxygen atoms in total. The van der Waals surface area contributed by atoms with Crippen molar-refractivity contribution in [2.24, 2.45) is 0 Å². The Kier molecular flexibility index (Phi) is 5.30. The van der Waals surface area contributed by atoms with E-state index >= 15 is 0 Å². The number of aromatic nitrogens is 4. The molecule has 2 aromatic carbocycles. The molecule has 3 fully saturated rings. The van der Waals surface area contributed by atoms with Crippen molar-refractivity contribution >= 4 is 0 Å². The van der Waals surface area contributed by atoms with E-state index in [0.29, 0.717) is 30.8 Å². The molecule has 1 saturated carbocycles. The van der Waals surface area contributed by atoms with E-state index in [1.165, 1.54) is 59.1 Å². The molecule has 4 N–H and O–H groups in total. The number of rotatable bonds is 5. The average Bonchev–Trinajstić information content (AvgIpc) is 3.78. The zero-order valence-corrected chi connectivity index (χ0v) is 21.4. The lowest BCUT2D eigenvalue weighted by molar-refractivity contribution is 0.355. The molecule has 0 radical (unpaired) electrons. The highest BCUT2D eigenvalue weighted by molar-refractivity contribution is 5.80. The van der Waals surface area contributed by atoms with Crippen molar-refractivity contribution in [1.82, 2.24) is 30.6 Å². The molecule has 194 valence electrons. The molecule has 2 aromatic heterocycles. The van der Waals surface area contributed by atoms with Gasteiger partial charge in [-0.25, -0.2) is 14.4 Å². The molecule has 2 aliphatic heterocycles. The van der Waals surface area contributed by atoms with Crippen LogP contribution in [-0.2, 0) is 0 Å². The summed E-state index contributed by atoms with van der Waals surface area (Å²) in [5.41, 5.74) is 10.2. The minimum absolute atomic E-state index is 0.0265. The highest BCUT2D eigenvalue weighted by Gasteiger charge is 2.40. The number of halogens is 1. The van der Waals surface area contributed by atoms with Gasteiger partial charge in [-0.3, -0.25) is 0 Å². The van der Waals surface area contributed by atoms with E-state index in [1.807, 2.05) is 12.4 Å². The van der Waals surface area contributed by atoms with E-state index in [-0.39, 0.29) is 6.04 Å². The maximum Gasteiger partial charge on any atom is 0.123 e. The van der Waals surface area contributed by atoms with E-state index in [4.69, 9.17) is 0 Å². The number of benzene rings is 2. The number of nitrogens with zero attached hydrogens (tertiary/aromatic N) is 2. The van der Waals surface area contributed by atoms with Crippen LogP contribution in [0.4, 0.5) is 4.39 Å². The van der Waals surface area contributed by atoms with Gasteiger partial charge < -0.3 is 20.6 Å². The molecule has 5 unspecified atom stereocenters. The van der Waals surface area contributed by atoms with E-state index in [9.17, 15) is 4.39 Å². The van der Waals surface area contributed by atoms with Crippen LogP contribution in [0.5, 0.6) is 0 Å². The molecule has 2 saturated heterocycles.